The van der Waals surface area contributed by atoms with Gasteiger partial charge in [0.2, 0.25) is 11.8 Å². The van der Waals surface area contributed by atoms with Crippen LogP contribution >= 0.6 is 0 Å². The van der Waals surface area contributed by atoms with Crippen LogP contribution < -0.4 is 5.32 Å². The van der Waals surface area contributed by atoms with E-state index in [4.69, 9.17) is 5.11 Å². The summed E-state index contributed by atoms with van der Waals surface area (Å²) >= 11 is 0. The molecule has 1 aromatic rings. The van der Waals surface area contributed by atoms with Crippen molar-refractivity contribution in [1.29, 1.82) is 0 Å². The topological polar surface area (TPSA) is 86.7 Å². The van der Waals surface area contributed by atoms with E-state index in [-0.39, 0.29) is 23.4 Å². The lowest BCUT2D eigenvalue weighted by Crippen LogP contribution is -2.51. The molecule has 2 amide bonds. The monoisotopic (exact) mass is 318 g/mol. The van der Waals surface area contributed by atoms with Gasteiger partial charge in [-0.2, -0.15) is 0 Å². The van der Waals surface area contributed by atoms with Crippen LogP contribution in [0.3, 0.4) is 0 Å². The fourth-order valence-corrected chi connectivity index (χ4v) is 2.88. The van der Waals surface area contributed by atoms with Gasteiger partial charge >= 0.3 is 5.97 Å². The smallest absolute Gasteiger partial charge is 0.335 e. The maximum atomic E-state index is 12.4. The highest BCUT2D eigenvalue weighted by Gasteiger charge is 2.30. The van der Waals surface area contributed by atoms with Crippen LogP contribution in [0.15, 0.2) is 24.3 Å². The first-order valence-electron chi connectivity index (χ1n) is 7.86. The molecule has 1 saturated heterocycles. The first-order chi connectivity index (χ1) is 11.0. The molecule has 124 valence electrons. The number of piperidine rings is 1. The zero-order valence-corrected chi connectivity index (χ0v) is 13.2. The number of hydrogen-bond donors (Lipinski definition) is 2. The van der Waals surface area contributed by atoms with Crippen LogP contribution in [-0.4, -0.2) is 47.4 Å². The Kier molecular flexibility index (Phi) is 5.73. The molecule has 0 aliphatic carbocycles. The van der Waals surface area contributed by atoms with Gasteiger partial charge in [0.05, 0.1) is 5.56 Å². The van der Waals surface area contributed by atoms with Crippen LogP contribution in [0.2, 0.25) is 0 Å². The molecule has 0 saturated carbocycles. The van der Waals surface area contributed by atoms with Gasteiger partial charge in [-0.1, -0.05) is 12.1 Å². The van der Waals surface area contributed by atoms with Crippen LogP contribution in [-0.2, 0) is 16.0 Å². The first kappa shape index (κ1) is 17.0. The average Bonchev–Trinajstić information content (AvgIpc) is 2.59. The van der Waals surface area contributed by atoms with E-state index in [9.17, 15) is 14.4 Å². The van der Waals surface area contributed by atoms with Crippen LogP contribution in [0.1, 0.15) is 41.6 Å². The molecule has 1 aliphatic heterocycles. The largest absolute Gasteiger partial charge is 0.478 e. The SMILES string of the molecule is CNC(=O)[C@@H]1CCCCN1C(=O)CCc1ccc(C(=O)O)cc1. The maximum Gasteiger partial charge on any atom is 0.335 e. The van der Waals surface area contributed by atoms with Crippen molar-refractivity contribution >= 4 is 17.8 Å². The van der Waals surface area contributed by atoms with E-state index in [1.165, 1.54) is 12.1 Å². The molecular formula is C17H22N2O4. The fourth-order valence-electron chi connectivity index (χ4n) is 2.88. The van der Waals surface area contributed by atoms with E-state index in [1.807, 2.05) is 0 Å². The molecule has 6 heteroatoms. The number of carbonyl (C=O) groups is 3. The van der Waals surface area contributed by atoms with E-state index in [2.05, 4.69) is 5.32 Å². The molecule has 0 bridgehead atoms. The first-order valence-corrected chi connectivity index (χ1v) is 7.86. The van der Waals surface area contributed by atoms with Crippen molar-refractivity contribution < 1.29 is 19.5 Å². The highest BCUT2D eigenvalue weighted by atomic mass is 16.4. The Morgan fingerprint density at radius 3 is 2.52 bits per heavy atom. The Morgan fingerprint density at radius 2 is 1.91 bits per heavy atom. The van der Waals surface area contributed by atoms with Crippen molar-refractivity contribution in [3.8, 4) is 0 Å². The van der Waals surface area contributed by atoms with Gasteiger partial charge in [-0.15, -0.1) is 0 Å². The minimum absolute atomic E-state index is 0.0272. The lowest BCUT2D eigenvalue weighted by molar-refractivity contribution is -0.142. The minimum atomic E-state index is -0.964. The van der Waals surface area contributed by atoms with Gasteiger partial charge in [0.15, 0.2) is 0 Å². The van der Waals surface area contributed by atoms with Crippen molar-refractivity contribution in [2.24, 2.45) is 0 Å². The van der Waals surface area contributed by atoms with E-state index in [1.54, 1.807) is 24.1 Å². The lowest BCUT2D eigenvalue weighted by atomic mass is 10.00. The number of benzene rings is 1. The second kappa shape index (κ2) is 7.76. The minimum Gasteiger partial charge on any atom is -0.478 e. The molecule has 0 spiro atoms. The van der Waals surface area contributed by atoms with Crippen LogP contribution in [0, 0.1) is 0 Å². The number of aryl methyl sites for hydroxylation is 1. The molecule has 1 fully saturated rings. The molecule has 2 N–H and O–H groups in total. The number of carbonyl (C=O) groups excluding carboxylic acids is 2. The number of hydrogen-bond acceptors (Lipinski definition) is 3. The van der Waals surface area contributed by atoms with Crippen molar-refractivity contribution in [3.63, 3.8) is 0 Å². The van der Waals surface area contributed by atoms with Gasteiger partial charge in [-0.3, -0.25) is 9.59 Å². The molecule has 1 heterocycles. The molecule has 1 atom stereocenters. The third-order valence-electron chi connectivity index (χ3n) is 4.20. The summed E-state index contributed by atoms with van der Waals surface area (Å²) in [6.45, 7) is 0.620. The van der Waals surface area contributed by atoms with Gasteiger partial charge in [-0.05, 0) is 43.4 Å². The second-order valence-electron chi connectivity index (χ2n) is 5.72. The molecule has 1 aliphatic rings. The van der Waals surface area contributed by atoms with E-state index < -0.39 is 5.97 Å². The van der Waals surface area contributed by atoms with Crippen LogP contribution in [0.4, 0.5) is 0 Å². The number of amides is 2. The third-order valence-corrected chi connectivity index (χ3v) is 4.20. The number of nitrogens with one attached hydrogen (secondary N) is 1. The second-order valence-corrected chi connectivity index (χ2v) is 5.72. The normalized spacial score (nSPS) is 17.6. The summed E-state index contributed by atoms with van der Waals surface area (Å²) < 4.78 is 0. The van der Waals surface area contributed by atoms with Gasteiger partial charge in [0.1, 0.15) is 6.04 Å². The highest BCUT2D eigenvalue weighted by Crippen LogP contribution is 2.19. The zero-order valence-electron chi connectivity index (χ0n) is 13.2. The Morgan fingerprint density at radius 1 is 1.22 bits per heavy atom. The number of aromatic carboxylic acids is 1. The predicted octanol–water partition coefficient (Wildman–Crippen LogP) is 1.44. The average molecular weight is 318 g/mol. The third kappa shape index (κ3) is 4.31. The Labute approximate surface area is 135 Å². The summed E-state index contributed by atoms with van der Waals surface area (Å²) in [6.07, 6.45) is 3.44. The molecule has 0 aromatic heterocycles. The summed E-state index contributed by atoms with van der Waals surface area (Å²) in [5.74, 6) is -1.10. The Bertz CT molecular complexity index is 583. The highest BCUT2D eigenvalue weighted by molar-refractivity contribution is 5.88. The Hall–Kier alpha value is -2.37. The molecule has 23 heavy (non-hydrogen) atoms. The molecule has 0 unspecified atom stereocenters. The van der Waals surface area contributed by atoms with Gasteiger partial charge < -0.3 is 15.3 Å². The fraction of sp³-hybridized carbons (Fsp3) is 0.471. The predicted molar refractivity (Wildman–Crippen MR) is 85.1 cm³/mol. The summed E-state index contributed by atoms with van der Waals surface area (Å²) in [5, 5.41) is 11.5. The number of carboxylic acids is 1. The maximum absolute atomic E-state index is 12.4. The summed E-state index contributed by atoms with van der Waals surface area (Å²) in [7, 11) is 1.59. The van der Waals surface area contributed by atoms with Crippen molar-refractivity contribution in [3.05, 3.63) is 35.4 Å². The van der Waals surface area contributed by atoms with Gasteiger partial charge in [-0.25, -0.2) is 4.79 Å². The van der Waals surface area contributed by atoms with Crippen molar-refractivity contribution in [2.75, 3.05) is 13.6 Å². The number of rotatable bonds is 5. The summed E-state index contributed by atoms with van der Waals surface area (Å²) in [5.41, 5.74) is 1.15. The molecule has 6 nitrogen and oxygen atoms in total. The molecule has 2 rings (SSSR count). The summed E-state index contributed by atoms with van der Waals surface area (Å²) in [6, 6.07) is 6.16. The Balaban J connectivity index is 1.94. The number of likely N-dealkylation sites (N-methyl/N-ethyl adjacent to an activating group) is 1. The standard InChI is InChI=1S/C17H22N2O4/c1-18-16(21)14-4-2-3-11-19(14)15(20)10-7-12-5-8-13(9-6-12)17(22)23/h5-6,8-9,14H,2-4,7,10-11H2,1H3,(H,18,21)(H,22,23)/t14-/m0/s1. The van der Waals surface area contributed by atoms with Crippen LogP contribution in [0.5, 0.6) is 0 Å². The van der Waals surface area contributed by atoms with Gasteiger partial charge in [0, 0.05) is 20.0 Å². The quantitative estimate of drug-likeness (QED) is 0.860. The zero-order chi connectivity index (χ0) is 16.8. The molecule has 1 aromatic carbocycles. The number of carboxylic acid groups (broad SMARTS) is 1. The number of likely N-dealkylation sites (tertiary alicyclic amines) is 1. The molecular weight excluding hydrogens is 296 g/mol. The van der Waals surface area contributed by atoms with E-state index in [0.29, 0.717) is 25.8 Å². The summed E-state index contributed by atoms with van der Waals surface area (Å²) in [4.78, 5) is 36.8. The van der Waals surface area contributed by atoms with Crippen LogP contribution in [0.25, 0.3) is 0 Å². The van der Waals surface area contributed by atoms with E-state index in [0.717, 1.165) is 18.4 Å². The van der Waals surface area contributed by atoms with Crippen molar-refractivity contribution in [2.45, 2.75) is 38.1 Å². The number of nitrogens with zero attached hydrogens (tertiary/aromatic N) is 1. The van der Waals surface area contributed by atoms with Gasteiger partial charge in [0.25, 0.3) is 0 Å². The molecule has 0 radical (unpaired) electrons. The van der Waals surface area contributed by atoms with Crippen molar-refractivity contribution in [1.82, 2.24) is 10.2 Å². The lowest BCUT2D eigenvalue weighted by Gasteiger charge is -2.34. The van der Waals surface area contributed by atoms with E-state index >= 15 is 0 Å².